The van der Waals surface area contributed by atoms with E-state index in [1.807, 2.05) is 58.3 Å². The third kappa shape index (κ3) is 5.75. The summed E-state index contributed by atoms with van der Waals surface area (Å²) < 4.78 is 0. The zero-order valence-corrected chi connectivity index (χ0v) is 18.8. The van der Waals surface area contributed by atoms with Crippen LogP contribution in [0.15, 0.2) is 91.8 Å². The summed E-state index contributed by atoms with van der Waals surface area (Å²) in [6, 6.07) is 22.0. The molecule has 0 aliphatic carbocycles. The number of benzene rings is 2. The summed E-state index contributed by atoms with van der Waals surface area (Å²) in [7, 11) is 0. The molecule has 1 aliphatic heterocycles. The maximum atomic E-state index is 13.4. The molecule has 0 N–H and O–H groups in total. The van der Waals surface area contributed by atoms with Crippen molar-refractivity contribution in [1.29, 1.82) is 0 Å². The highest BCUT2D eigenvalue weighted by Gasteiger charge is 2.31. The van der Waals surface area contributed by atoms with Crippen LogP contribution in [0.1, 0.15) is 11.1 Å². The molecule has 1 fully saturated rings. The van der Waals surface area contributed by atoms with Gasteiger partial charge in [0.2, 0.25) is 11.8 Å². The van der Waals surface area contributed by atoms with Gasteiger partial charge in [-0.25, -0.2) is 0 Å². The van der Waals surface area contributed by atoms with E-state index >= 15 is 0 Å². The Labute approximate surface area is 195 Å². The first-order valence-electron chi connectivity index (χ1n) is 11.3. The summed E-state index contributed by atoms with van der Waals surface area (Å²) in [6.45, 7) is 5.79. The summed E-state index contributed by atoms with van der Waals surface area (Å²) in [5.74, 6) is -0.149. The van der Waals surface area contributed by atoms with E-state index in [9.17, 15) is 9.59 Å². The lowest BCUT2D eigenvalue weighted by molar-refractivity contribution is -0.134. The lowest BCUT2D eigenvalue weighted by Crippen LogP contribution is -2.38. The van der Waals surface area contributed by atoms with Gasteiger partial charge in [0.1, 0.15) is 0 Å². The van der Waals surface area contributed by atoms with E-state index < -0.39 is 0 Å². The van der Waals surface area contributed by atoms with E-state index in [-0.39, 0.29) is 17.7 Å². The van der Waals surface area contributed by atoms with Gasteiger partial charge in [-0.3, -0.25) is 14.6 Å². The van der Waals surface area contributed by atoms with Crippen LogP contribution < -0.4 is 0 Å². The molecule has 33 heavy (non-hydrogen) atoms. The van der Waals surface area contributed by atoms with Crippen LogP contribution in [-0.2, 0) is 22.4 Å². The molecular formula is C28H29N3O2. The number of carbonyl (C=O) groups is 2. The molecule has 0 radical (unpaired) electrons. The first-order valence-corrected chi connectivity index (χ1v) is 11.3. The Morgan fingerprint density at radius 1 is 0.970 bits per heavy atom. The fourth-order valence-electron chi connectivity index (χ4n) is 4.35. The first kappa shape index (κ1) is 22.5. The molecular weight excluding hydrogens is 410 g/mol. The Bertz CT molecular complexity index is 1100. The molecule has 0 spiro atoms. The van der Waals surface area contributed by atoms with E-state index in [1.54, 1.807) is 18.5 Å². The van der Waals surface area contributed by atoms with E-state index in [0.717, 1.165) is 22.3 Å². The van der Waals surface area contributed by atoms with Gasteiger partial charge in [-0.2, -0.15) is 0 Å². The third-order valence-corrected chi connectivity index (χ3v) is 6.06. The first-order chi connectivity index (χ1) is 16.1. The molecule has 0 bridgehead atoms. The van der Waals surface area contributed by atoms with Crippen molar-refractivity contribution in [2.45, 2.75) is 12.8 Å². The number of hydrogen-bond donors (Lipinski definition) is 0. The molecule has 3 aromatic rings. The number of amides is 2. The highest BCUT2D eigenvalue weighted by molar-refractivity contribution is 5.83. The minimum atomic E-state index is -0.292. The van der Waals surface area contributed by atoms with Crippen LogP contribution in [0.25, 0.3) is 11.1 Å². The SMILES string of the molecule is C=CCN1CCN(C(=O)Cc2ccccc2)CC(Cc2cccc(-c3ccncc3)c2)C1=O. The monoisotopic (exact) mass is 439 g/mol. The Morgan fingerprint density at radius 3 is 2.48 bits per heavy atom. The summed E-state index contributed by atoms with van der Waals surface area (Å²) >= 11 is 0. The van der Waals surface area contributed by atoms with Crippen LogP contribution in [0.3, 0.4) is 0 Å². The highest BCUT2D eigenvalue weighted by atomic mass is 16.2. The number of hydrogen-bond acceptors (Lipinski definition) is 3. The van der Waals surface area contributed by atoms with Gasteiger partial charge in [0, 0.05) is 38.6 Å². The molecule has 1 saturated heterocycles. The molecule has 2 amide bonds. The van der Waals surface area contributed by atoms with Crippen molar-refractivity contribution in [3.05, 3.63) is 103 Å². The summed E-state index contributed by atoms with van der Waals surface area (Å²) in [4.78, 5) is 34.2. The fraction of sp³-hybridized carbons (Fsp3) is 0.250. The molecule has 1 atom stereocenters. The number of rotatable bonds is 7. The van der Waals surface area contributed by atoms with Gasteiger partial charge in [0.05, 0.1) is 12.3 Å². The zero-order chi connectivity index (χ0) is 23.0. The van der Waals surface area contributed by atoms with Crippen LogP contribution in [-0.4, -0.2) is 52.8 Å². The molecule has 5 heteroatoms. The maximum absolute atomic E-state index is 13.4. The minimum Gasteiger partial charge on any atom is -0.340 e. The average molecular weight is 440 g/mol. The van der Waals surface area contributed by atoms with E-state index in [1.165, 1.54) is 0 Å². The molecule has 168 valence electrons. The van der Waals surface area contributed by atoms with Crippen LogP contribution in [0, 0.1) is 5.92 Å². The average Bonchev–Trinajstić information content (AvgIpc) is 3.00. The van der Waals surface area contributed by atoms with Gasteiger partial charge in [-0.1, -0.05) is 60.7 Å². The van der Waals surface area contributed by atoms with Crippen LogP contribution in [0.4, 0.5) is 0 Å². The third-order valence-electron chi connectivity index (χ3n) is 6.06. The van der Waals surface area contributed by atoms with Gasteiger partial charge < -0.3 is 9.80 Å². The number of pyridine rings is 1. The molecule has 4 rings (SSSR count). The van der Waals surface area contributed by atoms with Crippen molar-refractivity contribution < 1.29 is 9.59 Å². The molecule has 2 heterocycles. The second kappa shape index (κ2) is 10.7. The van der Waals surface area contributed by atoms with Gasteiger partial charge in [-0.15, -0.1) is 6.58 Å². The van der Waals surface area contributed by atoms with Crippen LogP contribution in [0.5, 0.6) is 0 Å². The van der Waals surface area contributed by atoms with Crippen molar-refractivity contribution in [3.8, 4) is 11.1 Å². The van der Waals surface area contributed by atoms with Crippen molar-refractivity contribution >= 4 is 11.8 Å². The Balaban J connectivity index is 1.54. The van der Waals surface area contributed by atoms with E-state index in [4.69, 9.17) is 0 Å². The van der Waals surface area contributed by atoms with Gasteiger partial charge >= 0.3 is 0 Å². The Hall–Kier alpha value is -3.73. The standard InChI is InChI=1S/C28H29N3O2/c1-2-15-30-16-17-31(27(32)20-22-7-4-3-5-8-22)21-26(28(30)33)19-23-9-6-10-25(18-23)24-11-13-29-14-12-24/h2-14,18,26H,1,15-17,19-21H2. The van der Waals surface area contributed by atoms with E-state index in [2.05, 4.69) is 29.8 Å². The topological polar surface area (TPSA) is 53.5 Å². The quantitative estimate of drug-likeness (QED) is 0.523. The zero-order valence-electron chi connectivity index (χ0n) is 18.8. The number of nitrogens with zero attached hydrogens (tertiary/aromatic N) is 3. The summed E-state index contributed by atoms with van der Waals surface area (Å²) in [6.07, 6.45) is 6.24. The van der Waals surface area contributed by atoms with Crippen LogP contribution in [0.2, 0.25) is 0 Å². The Kier molecular flexibility index (Phi) is 7.30. The second-order valence-electron chi connectivity index (χ2n) is 8.41. The maximum Gasteiger partial charge on any atom is 0.228 e. The molecule has 1 unspecified atom stereocenters. The molecule has 5 nitrogen and oxygen atoms in total. The van der Waals surface area contributed by atoms with Crippen molar-refractivity contribution in [1.82, 2.24) is 14.8 Å². The Morgan fingerprint density at radius 2 is 1.73 bits per heavy atom. The fourth-order valence-corrected chi connectivity index (χ4v) is 4.35. The van der Waals surface area contributed by atoms with Crippen molar-refractivity contribution in [2.24, 2.45) is 5.92 Å². The predicted octanol–water partition coefficient (Wildman–Crippen LogP) is 4.01. The number of aromatic nitrogens is 1. The predicted molar refractivity (Wildman–Crippen MR) is 130 cm³/mol. The van der Waals surface area contributed by atoms with Crippen molar-refractivity contribution in [3.63, 3.8) is 0 Å². The molecule has 2 aromatic carbocycles. The molecule has 1 aliphatic rings. The summed E-state index contributed by atoms with van der Waals surface area (Å²) in [5.41, 5.74) is 4.25. The lowest BCUT2D eigenvalue weighted by atomic mass is 9.95. The minimum absolute atomic E-state index is 0.0602. The molecule has 1 aromatic heterocycles. The smallest absolute Gasteiger partial charge is 0.228 e. The van der Waals surface area contributed by atoms with E-state index in [0.29, 0.717) is 39.0 Å². The van der Waals surface area contributed by atoms with Crippen LogP contribution >= 0.6 is 0 Å². The normalized spacial score (nSPS) is 16.4. The van der Waals surface area contributed by atoms with Gasteiger partial charge in [0.25, 0.3) is 0 Å². The largest absolute Gasteiger partial charge is 0.340 e. The lowest BCUT2D eigenvalue weighted by Gasteiger charge is -2.24. The number of carbonyl (C=O) groups excluding carboxylic acids is 2. The molecule has 0 saturated carbocycles. The van der Waals surface area contributed by atoms with Crippen molar-refractivity contribution in [2.75, 3.05) is 26.2 Å². The second-order valence-corrected chi connectivity index (χ2v) is 8.41. The summed E-state index contributed by atoms with van der Waals surface area (Å²) in [5, 5.41) is 0. The highest BCUT2D eigenvalue weighted by Crippen LogP contribution is 2.23. The van der Waals surface area contributed by atoms with Gasteiger partial charge in [0.15, 0.2) is 0 Å². The van der Waals surface area contributed by atoms with Gasteiger partial charge in [-0.05, 0) is 40.8 Å².